The molecule has 0 aliphatic heterocycles. The van der Waals surface area contributed by atoms with Gasteiger partial charge in [-0.2, -0.15) is 0 Å². The first-order chi connectivity index (χ1) is 30.6. The van der Waals surface area contributed by atoms with Crippen LogP contribution in [0.2, 0.25) is 20.1 Å². The summed E-state index contributed by atoms with van der Waals surface area (Å²) in [6, 6.07) is 20.6. The van der Waals surface area contributed by atoms with Gasteiger partial charge in [0, 0.05) is 75.2 Å². The van der Waals surface area contributed by atoms with Crippen LogP contribution < -0.4 is 5.32 Å². The van der Waals surface area contributed by atoms with Crippen LogP contribution in [-0.2, 0) is 45.3 Å². The van der Waals surface area contributed by atoms with Gasteiger partial charge in [-0.05, 0) is 98.4 Å². The third-order valence-corrected chi connectivity index (χ3v) is 12.0. The molecule has 0 fully saturated rings. The molecule has 2 atom stereocenters. The minimum absolute atomic E-state index is 0.0316. The van der Waals surface area contributed by atoms with Crippen LogP contribution in [0.15, 0.2) is 72.8 Å². The van der Waals surface area contributed by atoms with Crippen LogP contribution in [0, 0.1) is 0 Å². The van der Waals surface area contributed by atoms with Crippen LogP contribution in [0.5, 0.6) is 11.5 Å². The normalized spacial score (nSPS) is 12.6. The van der Waals surface area contributed by atoms with E-state index in [2.05, 4.69) is 10.2 Å². The van der Waals surface area contributed by atoms with E-state index in [1.54, 1.807) is 60.7 Å². The molecule has 63 heavy (non-hydrogen) atoms. The van der Waals surface area contributed by atoms with Crippen LogP contribution in [0.3, 0.4) is 0 Å². The highest BCUT2D eigenvalue weighted by Gasteiger charge is 2.19. The summed E-state index contributed by atoms with van der Waals surface area (Å²) in [5.41, 5.74) is 3.80. The van der Waals surface area contributed by atoms with Crippen molar-refractivity contribution in [3.8, 4) is 11.5 Å². The molecule has 11 nitrogen and oxygen atoms in total. The largest absolute Gasteiger partial charge is 0.508 e. The van der Waals surface area contributed by atoms with E-state index in [4.69, 9.17) is 65.4 Å². The lowest BCUT2D eigenvalue weighted by Crippen LogP contribution is -2.30. The maximum absolute atomic E-state index is 11.3. The number of aliphatic hydroxyl groups excluding tert-OH is 3. The van der Waals surface area contributed by atoms with E-state index in [-0.39, 0.29) is 24.7 Å². The van der Waals surface area contributed by atoms with Crippen molar-refractivity contribution in [3.05, 3.63) is 126 Å². The Morgan fingerprint density at radius 2 is 1.02 bits per heavy atom. The van der Waals surface area contributed by atoms with Gasteiger partial charge in [0.1, 0.15) is 11.5 Å². The van der Waals surface area contributed by atoms with E-state index in [1.807, 2.05) is 6.07 Å². The molecule has 0 saturated heterocycles. The maximum Gasteiger partial charge on any atom is 0.121 e. The monoisotopic (exact) mass is 952 g/mol. The lowest BCUT2D eigenvalue weighted by atomic mass is 10.0. The highest BCUT2D eigenvalue weighted by molar-refractivity contribution is 6.36. The van der Waals surface area contributed by atoms with Gasteiger partial charge >= 0.3 is 0 Å². The molecule has 348 valence electrons. The molecule has 0 amide bonds. The molecule has 0 radical (unpaired) electrons. The second kappa shape index (κ2) is 30.5. The summed E-state index contributed by atoms with van der Waals surface area (Å²) in [7, 11) is 0. The molecule has 0 bridgehead atoms. The van der Waals surface area contributed by atoms with E-state index < -0.39 is 12.2 Å². The molecular weight excluding hydrogens is 890 g/mol. The van der Waals surface area contributed by atoms with Crippen LogP contribution in [0.1, 0.15) is 97.0 Å². The molecule has 0 aliphatic rings. The number of unbranched alkanes of at least 4 members (excludes halogenated alkanes) is 6. The van der Waals surface area contributed by atoms with Crippen molar-refractivity contribution in [1.82, 2.24) is 10.2 Å². The Balaban J connectivity index is 1.14. The van der Waals surface area contributed by atoms with Crippen molar-refractivity contribution < 1.29 is 44.5 Å². The maximum atomic E-state index is 11.3. The third kappa shape index (κ3) is 19.7. The first-order valence-electron chi connectivity index (χ1n) is 21.8. The third-order valence-electron chi connectivity index (χ3n) is 10.6. The Morgan fingerprint density at radius 3 is 1.57 bits per heavy atom. The number of nitrogens with zero attached hydrogens (tertiary/aromatic N) is 1. The lowest BCUT2D eigenvalue weighted by molar-refractivity contribution is 0.0392. The highest BCUT2D eigenvalue weighted by atomic mass is 35.5. The SMILES string of the molecule is OCc1cc([C@@H](O)CN(CCCCCCOCCOCc2c(Cl)cccc2Cl)Cc2cc([C@H](O)CNCCCCCCOCCOCc3c(Cl)cccc3Cl)ccc2O)ccc1O. The Kier molecular flexibility index (Phi) is 25.6. The van der Waals surface area contributed by atoms with E-state index in [0.29, 0.717) is 115 Å². The summed E-state index contributed by atoms with van der Waals surface area (Å²) in [5.74, 6) is 0.0797. The van der Waals surface area contributed by atoms with E-state index >= 15 is 0 Å². The second-order valence-electron chi connectivity index (χ2n) is 15.5. The molecule has 15 heteroatoms. The number of ether oxygens (including phenoxy) is 4. The Labute approximate surface area is 392 Å². The minimum Gasteiger partial charge on any atom is -0.508 e. The fourth-order valence-corrected chi connectivity index (χ4v) is 7.90. The van der Waals surface area contributed by atoms with Crippen LogP contribution in [-0.4, -0.2) is 96.3 Å². The van der Waals surface area contributed by atoms with Gasteiger partial charge in [0.2, 0.25) is 0 Å². The number of hydrogen-bond donors (Lipinski definition) is 6. The van der Waals surface area contributed by atoms with Gasteiger partial charge in [0.05, 0.1) is 58.5 Å². The first kappa shape index (κ1) is 52.9. The van der Waals surface area contributed by atoms with E-state index in [9.17, 15) is 25.5 Å². The van der Waals surface area contributed by atoms with Gasteiger partial charge in [-0.25, -0.2) is 0 Å². The summed E-state index contributed by atoms with van der Waals surface area (Å²) in [6.45, 7) is 5.86. The quantitative estimate of drug-likeness (QED) is 0.0253. The number of aromatic hydroxyl groups is 2. The molecule has 0 heterocycles. The zero-order valence-electron chi connectivity index (χ0n) is 36.0. The molecular formula is C48H64Cl4N2O9. The van der Waals surface area contributed by atoms with Gasteiger partial charge in [0.25, 0.3) is 0 Å². The molecule has 4 aromatic carbocycles. The number of hydrogen-bond acceptors (Lipinski definition) is 11. The molecule has 6 N–H and O–H groups in total. The fraction of sp³-hybridized carbons (Fsp3) is 0.500. The number of aliphatic hydroxyl groups is 3. The molecule has 0 aromatic heterocycles. The fourth-order valence-electron chi connectivity index (χ4n) is 6.89. The van der Waals surface area contributed by atoms with Gasteiger partial charge in [-0.1, -0.05) is 96.4 Å². The summed E-state index contributed by atoms with van der Waals surface area (Å²) < 4.78 is 22.8. The van der Waals surface area contributed by atoms with Crippen LogP contribution >= 0.6 is 46.4 Å². The van der Waals surface area contributed by atoms with E-state index in [0.717, 1.165) is 69.0 Å². The molecule has 4 aromatic rings. The molecule has 4 rings (SSSR count). The van der Waals surface area contributed by atoms with Crippen LogP contribution in [0.25, 0.3) is 0 Å². The van der Waals surface area contributed by atoms with E-state index in [1.165, 1.54) is 6.07 Å². The first-order valence-corrected chi connectivity index (χ1v) is 23.3. The zero-order chi connectivity index (χ0) is 45.2. The van der Waals surface area contributed by atoms with Gasteiger partial charge in [-0.15, -0.1) is 0 Å². The second-order valence-corrected chi connectivity index (χ2v) is 17.1. The van der Waals surface area contributed by atoms with Crippen molar-refractivity contribution in [2.24, 2.45) is 0 Å². The average molecular weight is 955 g/mol. The van der Waals surface area contributed by atoms with Crippen molar-refractivity contribution in [1.29, 1.82) is 0 Å². The van der Waals surface area contributed by atoms with Gasteiger partial charge in [0.15, 0.2) is 0 Å². The van der Waals surface area contributed by atoms with Gasteiger partial charge < -0.3 is 49.8 Å². The predicted octanol–water partition coefficient (Wildman–Crippen LogP) is 9.95. The predicted molar refractivity (Wildman–Crippen MR) is 251 cm³/mol. The topological polar surface area (TPSA) is 153 Å². The Bertz CT molecular complexity index is 1870. The molecule has 0 saturated carbocycles. The number of halogens is 4. The van der Waals surface area contributed by atoms with Crippen LogP contribution in [0.4, 0.5) is 0 Å². The number of phenolic OH excluding ortho intramolecular Hbond substituents is 1. The Hall–Kier alpha value is -2.72. The summed E-state index contributed by atoms with van der Waals surface area (Å²) in [5, 5.41) is 58.6. The summed E-state index contributed by atoms with van der Waals surface area (Å²) in [6.07, 6.45) is 5.96. The zero-order valence-corrected chi connectivity index (χ0v) is 39.0. The summed E-state index contributed by atoms with van der Waals surface area (Å²) >= 11 is 24.8. The molecule has 0 aliphatic carbocycles. The Morgan fingerprint density at radius 1 is 0.540 bits per heavy atom. The lowest BCUT2D eigenvalue weighted by Gasteiger charge is -2.26. The average Bonchev–Trinajstić information content (AvgIpc) is 3.26. The standard InChI is InChI=1S/C48H64Cl4N2O9/c49-41-11-9-12-42(50)39(41)33-62-25-23-60-21-7-3-1-5-19-53-29-47(58)35-15-17-45(56)37(27-35)30-54(31-48(59)36-16-18-46(57)38(28-36)32-55)20-6-2-4-8-22-61-24-26-63-34-40-43(51)13-10-14-44(40)52/h9-18,27-28,47-48,53,55-59H,1-8,19-26,29-34H2/t47-,48+/m1/s1. The smallest absolute Gasteiger partial charge is 0.121 e. The number of rotatable bonds is 33. The number of phenols is 2. The van der Waals surface area contributed by atoms with Gasteiger partial charge in [-0.3, -0.25) is 4.90 Å². The molecule has 0 spiro atoms. The van der Waals surface area contributed by atoms with Crippen molar-refractivity contribution in [2.45, 2.75) is 89.9 Å². The van der Waals surface area contributed by atoms with Crippen molar-refractivity contribution >= 4 is 46.4 Å². The molecule has 0 unspecified atom stereocenters. The number of benzene rings is 4. The highest BCUT2D eigenvalue weighted by Crippen LogP contribution is 2.28. The van der Waals surface area contributed by atoms with Crippen molar-refractivity contribution in [3.63, 3.8) is 0 Å². The minimum atomic E-state index is -0.904. The van der Waals surface area contributed by atoms with Crippen molar-refractivity contribution in [2.75, 3.05) is 65.8 Å². The summed E-state index contributed by atoms with van der Waals surface area (Å²) in [4.78, 5) is 2.08. The number of nitrogens with one attached hydrogen (secondary N) is 1.